The van der Waals surface area contributed by atoms with Crippen LogP contribution >= 0.6 is 0 Å². The van der Waals surface area contributed by atoms with Crippen LogP contribution in [0.3, 0.4) is 0 Å². The zero-order chi connectivity index (χ0) is 55.1. The van der Waals surface area contributed by atoms with Crippen molar-refractivity contribution < 1.29 is 33.0 Å². The average Bonchev–Trinajstić information content (AvgIpc) is 3.26. The molecule has 0 fully saturated rings. The second-order valence-corrected chi connectivity index (χ2v) is 16.2. The van der Waals surface area contributed by atoms with Crippen molar-refractivity contribution in [1.29, 1.82) is 0 Å². The van der Waals surface area contributed by atoms with Gasteiger partial charge in [-0.25, -0.2) is 0 Å². The van der Waals surface area contributed by atoms with Crippen LogP contribution in [0.4, 0.5) is 0 Å². The first kappa shape index (κ1) is 87.9. The van der Waals surface area contributed by atoms with Gasteiger partial charge in [-0.15, -0.1) is 0 Å². The molecule has 0 radical (unpaired) electrons. The maximum atomic E-state index is 12.4. The molecule has 7 nitrogen and oxygen atoms in total. The summed E-state index contributed by atoms with van der Waals surface area (Å²) in [5.41, 5.74) is 0. The molecule has 0 saturated heterocycles. The van der Waals surface area contributed by atoms with Crippen LogP contribution in [0.5, 0.6) is 0 Å². The van der Waals surface area contributed by atoms with E-state index in [0.717, 1.165) is 44.9 Å². The van der Waals surface area contributed by atoms with E-state index in [1.165, 1.54) is 51.9 Å². The molecule has 0 aromatic heterocycles. The minimum Gasteiger partial charge on any atom is -0.489 e. The van der Waals surface area contributed by atoms with E-state index in [0.29, 0.717) is 23.2 Å². The fourth-order valence-corrected chi connectivity index (χ4v) is 3.90. The Labute approximate surface area is 430 Å². The van der Waals surface area contributed by atoms with Crippen LogP contribution in [0.2, 0.25) is 0 Å². The van der Waals surface area contributed by atoms with Gasteiger partial charge < -0.3 is 23.4 Å². The van der Waals surface area contributed by atoms with E-state index in [2.05, 4.69) is 183 Å². The molecular formula is C61H126NO6+. The molecule has 0 aromatic rings. The van der Waals surface area contributed by atoms with E-state index < -0.39 is 24.1 Å². The molecular weight excluding hydrogens is 843 g/mol. The molecule has 0 spiro atoms. The van der Waals surface area contributed by atoms with Gasteiger partial charge in [0, 0.05) is 20.5 Å². The fraction of sp³-hybridized carbons (Fsp3) is 0.738. The number of carbonyl (C=O) groups is 2. The Hall–Kier alpha value is -3.16. The Morgan fingerprint density at radius 1 is 0.485 bits per heavy atom. The Morgan fingerprint density at radius 3 is 1.07 bits per heavy atom. The van der Waals surface area contributed by atoms with Gasteiger partial charge in [-0.1, -0.05) is 256 Å². The van der Waals surface area contributed by atoms with Gasteiger partial charge in [0.25, 0.3) is 0 Å². The average molecular weight is 970 g/mol. The highest BCUT2D eigenvalue weighted by Gasteiger charge is 2.25. The summed E-state index contributed by atoms with van der Waals surface area (Å²) in [6.07, 6.45) is 41.2. The largest absolute Gasteiger partial charge is 0.489 e. The van der Waals surface area contributed by atoms with Crippen molar-refractivity contribution in [2.24, 2.45) is 0 Å². The smallest absolute Gasteiger partial charge is 0.309 e. The Bertz CT molecular complexity index is 1030. The van der Waals surface area contributed by atoms with Crippen LogP contribution in [0.25, 0.3) is 0 Å². The molecule has 0 bridgehead atoms. The third-order valence-electron chi connectivity index (χ3n) is 5.78. The molecule has 0 heterocycles. The molecule has 0 N–H and O–H groups in total. The van der Waals surface area contributed by atoms with Crippen molar-refractivity contribution in [3.05, 3.63) is 85.3 Å². The van der Waals surface area contributed by atoms with Crippen molar-refractivity contribution in [2.45, 2.75) is 253 Å². The molecule has 2 unspecified atom stereocenters. The summed E-state index contributed by atoms with van der Waals surface area (Å²) in [6.45, 7) is 46.0. The Balaban J connectivity index is -0.000000140. The van der Waals surface area contributed by atoms with Gasteiger partial charge in [-0.3, -0.25) is 9.59 Å². The van der Waals surface area contributed by atoms with Gasteiger partial charge in [-0.2, -0.15) is 0 Å². The van der Waals surface area contributed by atoms with Crippen molar-refractivity contribution >= 4 is 11.9 Å². The molecule has 2 atom stereocenters. The predicted molar refractivity (Wildman–Crippen MR) is 312 cm³/mol. The summed E-state index contributed by atoms with van der Waals surface area (Å²) >= 11 is 0. The highest BCUT2D eigenvalue weighted by Crippen LogP contribution is 2.12. The van der Waals surface area contributed by atoms with Gasteiger partial charge >= 0.3 is 11.9 Å². The Kier molecular flexibility index (Phi) is 117. The van der Waals surface area contributed by atoms with E-state index in [4.69, 9.17) is 18.9 Å². The molecule has 0 amide bonds. The molecule has 68 heavy (non-hydrogen) atoms. The van der Waals surface area contributed by atoms with Crippen LogP contribution in [-0.2, 0) is 28.5 Å². The van der Waals surface area contributed by atoms with Crippen molar-refractivity contribution in [3.63, 3.8) is 0 Å². The summed E-state index contributed by atoms with van der Waals surface area (Å²) < 4.78 is 22.4. The third kappa shape index (κ3) is 131. The summed E-state index contributed by atoms with van der Waals surface area (Å²) in [7, 11) is 7.47. The monoisotopic (exact) mass is 969 g/mol. The standard InChI is InChI=1S/C36H58NO6.7C3H8.2C2H6/c1-8-9-10-11-12-13-14-15-16-17-18-19-20-21-22-23-24-25-26-27-32(2)42-35(30-40-7)31-41-36(39)28-34(43-33(3)38)29-37(4,5)6;7*1-3-2;2*1-2/h9-10,12-13,15-16,18-19,21-22,24-25,34-35H,2,8,11,14,17,20,23,26-31H2,1,3-7H3;7*3H2,1-2H3;2*1-2H3/q+1;;;;;;;;;/b10-9-,13-12-,16-15-,19-18-,22-21-,25-24-;;;;;;;;;. The predicted octanol–water partition coefficient (Wildman–Crippen LogP) is 19.5. The number of nitrogens with zero attached hydrogens (tertiary/aromatic N) is 1. The van der Waals surface area contributed by atoms with E-state index in [-0.39, 0.29) is 19.6 Å². The summed E-state index contributed by atoms with van der Waals surface area (Å²) in [6, 6.07) is 0. The number of carbonyl (C=O) groups excluding carboxylic acids is 2. The maximum absolute atomic E-state index is 12.4. The number of esters is 2. The topological polar surface area (TPSA) is 71.1 Å². The summed E-state index contributed by atoms with van der Waals surface area (Å²) in [4.78, 5) is 23.8. The number of likely N-dealkylation sites (N-methyl/N-ethyl adjacent to an activating group) is 1. The number of hydrogen-bond acceptors (Lipinski definition) is 6. The summed E-state index contributed by atoms with van der Waals surface area (Å²) in [5.74, 6) is -0.261. The van der Waals surface area contributed by atoms with Crippen LogP contribution in [0, 0.1) is 0 Å². The molecule has 0 saturated carbocycles. The molecule has 0 rings (SSSR count). The van der Waals surface area contributed by atoms with E-state index in [1.54, 1.807) is 7.11 Å². The molecule has 0 aliphatic carbocycles. The first-order chi connectivity index (χ1) is 32.5. The molecule has 0 aliphatic rings. The fourth-order valence-electron chi connectivity index (χ4n) is 3.90. The summed E-state index contributed by atoms with van der Waals surface area (Å²) in [5, 5.41) is 0. The number of methoxy groups -OCH3 is 1. The maximum Gasteiger partial charge on any atom is 0.309 e. The number of quaternary nitrogens is 1. The minimum absolute atomic E-state index is 0.0154. The highest BCUT2D eigenvalue weighted by atomic mass is 16.6. The van der Waals surface area contributed by atoms with E-state index >= 15 is 0 Å². The second-order valence-electron chi connectivity index (χ2n) is 16.2. The highest BCUT2D eigenvalue weighted by molar-refractivity contribution is 5.71. The van der Waals surface area contributed by atoms with E-state index in [9.17, 15) is 9.59 Å². The van der Waals surface area contributed by atoms with Gasteiger partial charge in [0.15, 0.2) is 12.2 Å². The SMILES string of the molecule is C=C(CC/C=C\C/C=C\C/C=C\C/C=C\C/C=C\C/C=C\CC)OC(COC)COC(=O)CC(C[N+](C)(C)C)OC(C)=O.CC.CC.CCC.CCC.CCC.CCC.CCC.CCC.CCC. The lowest BCUT2D eigenvalue weighted by atomic mass is 10.2. The van der Waals surface area contributed by atoms with Gasteiger partial charge in [0.05, 0.1) is 39.9 Å². The normalized spacial score (nSPS) is 10.9. The number of hydrogen-bond donors (Lipinski definition) is 0. The number of allylic oxidation sites excluding steroid dienone is 13. The van der Waals surface area contributed by atoms with Crippen molar-refractivity contribution in [3.8, 4) is 0 Å². The first-order valence-electron chi connectivity index (χ1n) is 27.3. The molecule has 0 aliphatic heterocycles. The third-order valence-corrected chi connectivity index (χ3v) is 5.78. The van der Waals surface area contributed by atoms with Crippen molar-refractivity contribution in [2.75, 3.05) is 48.0 Å². The zero-order valence-corrected chi connectivity index (χ0v) is 50.6. The molecule has 410 valence electrons. The quantitative estimate of drug-likeness (QED) is 0.0393. The molecule has 7 heteroatoms. The van der Waals surface area contributed by atoms with E-state index in [1.807, 2.05) is 48.8 Å². The van der Waals surface area contributed by atoms with Gasteiger partial charge in [0.1, 0.15) is 13.2 Å². The van der Waals surface area contributed by atoms with Gasteiger partial charge in [0.2, 0.25) is 0 Å². The Morgan fingerprint density at radius 2 is 0.794 bits per heavy atom. The van der Waals surface area contributed by atoms with Crippen LogP contribution < -0.4 is 0 Å². The lowest BCUT2D eigenvalue weighted by Gasteiger charge is -2.28. The number of ether oxygens (including phenoxy) is 4. The second kappa shape index (κ2) is 90.3. The zero-order valence-electron chi connectivity index (χ0n) is 50.6. The number of rotatable bonds is 25. The lowest BCUT2D eigenvalue weighted by Crippen LogP contribution is -2.44. The molecule has 0 aromatic carbocycles. The minimum atomic E-state index is -0.553. The van der Waals surface area contributed by atoms with Crippen LogP contribution in [0.15, 0.2) is 85.3 Å². The van der Waals surface area contributed by atoms with Crippen molar-refractivity contribution in [1.82, 2.24) is 0 Å². The van der Waals surface area contributed by atoms with Crippen LogP contribution in [0.1, 0.15) is 241 Å². The lowest BCUT2D eigenvalue weighted by molar-refractivity contribution is -0.873. The van der Waals surface area contributed by atoms with Crippen LogP contribution in [-0.4, -0.2) is 76.6 Å². The first-order valence-corrected chi connectivity index (χ1v) is 27.3. The van der Waals surface area contributed by atoms with Gasteiger partial charge in [-0.05, 0) is 44.9 Å².